The highest BCUT2D eigenvalue weighted by molar-refractivity contribution is 8.01. The number of nitrogens with zero attached hydrogens (tertiary/aromatic N) is 1. The van der Waals surface area contributed by atoms with Crippen LogP contribution >= 0.6 is 11.8 Å². The first kappa shape index (κ1) is 17.0. The fourth-order valence-corrected chi connectivity index (χ4v) is 5.05. The van der Waals surface area contributed by atoms with Gasteiger partial charge < -0.3 is 15.1 Å². The maximum Gasteiger partial charge on any atom is 0.327 e. The fraction of sp³-hybridized carbons (Fsp3) is 0.471. The van der Waals surface area contributed by atoms with E-state index in [2.05, 4.69) is 0 Å². The number of benzene rings is 1. The van der Waals surface area contributed by atoms with E-state index >= 15 is 0 Å². The highest BCUT2D eigenvalue weighted by Crippen LogP contribution is 2.54. The van der Waals surface area contributed by atoms with Gasteiger partial charge in [-0.3, -0.25) is 9.59 Å². The van der Waals surface area contributed by atoms with Crippen molar-refractivity contribution < 1.29 is 24.6 Å². The van der Waals surface area contributed by atoms with Gasteiger partial charge in [0.1, 0.15) is 18.1 Å². The number of fused-ring (bicyclic) bond motifs is 1. The lowest BCUT2D eigenvalue weighted by atomic mass is 9.85. The number of thioether (sulfide) groups is 1. The van der Waals surface area contributed by atoms with Gasteiger partial charge in [0.05, 0.1) is 5.37 Å². The number of amides is 1. The van der Waals surface area contributed by atoms with Crippen LogP contribution in [0.25, 0.3) is 0 Å². The van der Waals surface area contributed by atoms with Crippen molar-refractivity contribution in [3.05, 3.63) is 35.4 Å². The molecule has 24 heavy (non-hydrogen) atoms. The first-order chi connectivity index (χ1) is 11.1. The summed E-state index contributed by atoms with van der Waals surface area (Å²) in [5.41, 5.74) is 1.44. The molecule has 0 saturated carbocycles. The summed E-state index contributed by atoms with van der Waals surface area (Å²) in [5, 5.41) is 19.2. The van der Waals surface area contributed by atoms with E-state index in [1.165, 1.54) is 16.7 Å². The number of carbonyl (C=O) groups is 3. The molecule has 1 aromatic rings. The van der Waals surface area contributed by atoms with Gasteiger partial charge in [0, 0.05) is 4.75 Å². The molecule has 2 saturated heterocycles. The molecule has 7 heteroatoms. The Morgan fingerprint density at radius 3 is 2.38 bits per heavy atom. The summed E-state index contributed by atoms with van der Waals surface area (Å²) in [5.74, 6) is -3.15. The summed E-state index contributed by atoms with van der Waals surface area (Å²) >= 11 is 1.30. The monoisotopic (exact) mass is 349 g/mol. The molecule has 0 aromatic heterocycles. The number of aryl methyl sites for hydroxylation is 1. The number of carbonyl (C=O) groups excluding carboxylic acids is 2. The Labute approximate surface area is 143 Å². The molecule has 128 valence electrons. The second-order valence-corrected chi connectivity index (χ2v) is 8.56. The zero-order valence-corrected chi connectivity index (χ0v) is 14.4. The van der Waals surface area contributed by atoms with Crippen LogP contribution < -0.4 is 0 Å². The summed E-state index contributed by atoms with van der Waals surface area (Å²) < 4.78 is -0.685. The summed E-state index contributed by atoms with van der Waals surface area (Å²) in [7, 11) is 0. The van der Waals surface area contributed by atoms with Gasteiger partial charge in [-0.1, -0.05) is 29.8 Å². The molecule has 0 radical (unpaired) electrons. The number of carboxylic acid groups (broad SMARTS) is 1. The largest absolute Gasteiger partial charge is 0.480 e. The highest BCUT2D eigenvalue weighted by Gasteiger charge is 2.66. The van der Waals surface area contributed by atoms with Crippen LogP contribution in [-0.2, 0) is 14.4 Å². The highest BCUT2D eigenvalue weighted by atomic mass is 32.2. The van der Waals surface area contributed by atoms with Crippen LogP contribution in [0.2, 0.25) is 0 Å². The second-order valence-electron chi connectivity index (χ2n) is 6.79. The molecule has 1 aromatic carbocycles. The lowest BCUT2D eigenvalue weighted by molar-refractivity contribution is -0.168. The normalized spacial score (nSPS) is 28.9. The van der Waals surface area contributed by atoms with Gasteiger partial charge in [0.2, 0.25) is 5.91 Å². The number of carboxylic acids is 1. The van der Waals surface area contributed by atoms with Crippen molar-refractivity contribution in [3.8, 4) is 0 Å². The van der Waals surface area contributed by atoms with Crippen molar-refractivity contribution in [3.63, 3.8) is 0 Å². The minimum atomic E-state index is -1.38. The van der Waals surface area contributed by atoms with Crippen molar-refractivity contribution in [2.45, 2.75) is 43.0 Å². The maximum absolute atomic E-state index is 12.6. The van der Waals surface area contributed by atoms with Gasteiger partial charge in [-0.25, -0.2) is 4.79 Å². The van der Waals surface area contributed by atoms with E-state index in [0.29, 0.717) is 5.56 Å². The molecule has 4 atom stereocenters. The summed E-state index contributed by atoms with van der Waals surface area (Å²) in [4.78, 5) is 37.7. The Kier molecular flexibility index (Phi) is 3.96. The molecule has 0 bridgehead atoms. The summed E-state index contributed by atoms with van der Waals surface area (Å²) in [6, 6.07) is 5.93. The molecule has 2 N–H and O–H groups in total. The van der Waals surface area contributed by atoms with Gasteiger partial charge in [-0.15, -0.1) is 11.8 Å². The molecule has 2 aliphatic heterocycles. The minimum Gasteiger partial charge on any atom is -0.480 e. The third-order valence-electron chi connectivity index (χ3n) is 4.64. The molecule has 0 spiro atoms. The molecular formula is C17H19NO5S. The van der Waals surface area contributed by atoms with Crippen molar-refractivity contribution >= 4 is 29.4 Å². The van der Waals surface area contributed by atoms with Crippen LogP contribution in [0.1, 0.15) is 31.1 Å². The molecule has 1 amide bonds. The standard InChI is InChI=1S/C17H19NO5S/c1-8-4-6-9(7-5-8)11(19)12(20)10-14(21)18-13(16(22)23)17(2,3)24-15(10)18/h4-7,10-11,13,15,19H,1-3H3,(H,22,23)/t10-,11?,13+,15-/m1/s1. The predicted molar refractivity (Wildman–Crippen MR) is 88.4 cm³/mol. The van der Waals surface area contributed by atoms with E-state index in [-0.39, 0.29) is 0 Å². The number of ketones is 1. The Hall–Kier alpha value is -1.86. The zero-order valence-electron chi connectivity index (χ0n) is 13.6. The van der Waals surface area contributed by atoms with E-state index in [0.717, 1.165) is 5.56 Å². The lowest BCUT2D eigenvalue weighted by Gasteiger charge is -2.43. The Bertz CT molecular complexity index is 714. The molecule has 1 unspecified atom stereocenters. The number of hydrogen-bond donors (Lipinski definition) is 2. The van der Waals surface area contributed by atoms with Crippen molar-refractivity contribution in [2.75, 3.05) is 0 Å². The third kappa shape index (κ3) is 2.43. The molecule has 6 nitrogen and oxygen atoms in total. The molecule has 2 aliphatic rings. The SMILES string of the molecule is Cc1ccc(C(O)C(=O)[C@@H]2C(=O)N3[C@@H]2SC(C)(C)[C@@H]3C(=O)O)cc1. The molecule has 3 rings (SSSR count). The summed E-state index contributed by atoms with van der Waals surface area (Å²) in [6.45, 7) is 5.40. The molecule has 2 fully saturated rings. The summed E-state index contributed by atoms with van der Waals surface area (Å²) in [6.07, 6.45) is -1.38. The molecule has 0 aliphatic carbocycles. The number of β-lactam (4-membered cyclic amide) rings is 1. The maximum atomic E-state index is 12.6. The third-order valence-corrected chi connectivity index (χ3v) is 6.22. The predicted octanol–water partition coefficient (Wildman–Crippen LogP) is 1.36. The van der Waals surface area contributed by atoms with Crippen LogP contribution in [0.4, 0.5) is 0 Å². The molecular weight excluding hydrogens is 330 g/mol. The Morgan fingerprint density at radius 2 is 1.83 bits per heavy atom. The average Bonchev–Trinajstić information content (AvgIpc) is 2.75. The van der Waals surface area contributed by atoms with E-state index < -0.39 is 45.8 Å². The van der Waals surface area contributed by atoms with Gasteiger partial charge in [-0.05, 0) is 26.3 Å². The number of aliphatic hydroxyl groups excluding tert-OH is 1. The number of rotatable bonds is 4. The van der Waals surface area contributed by atoms with E-state index in [4.69, 9.17) is 0 Å². The number of hydrogen-bond acceptors (Lipinski definition) is 5. The van der Waals surface area contributed by atoms with Crippen LogP contribution in [0.5, 0.6) is 0 Å². The van der Waals surface area contributed by atoms with E-state index in [1.807, 2.05) is 6.92 Å². The van der Waals surface area contributed by atoms with Crippen LogP contribution in [0.3, 0.4) is 0 Å². The number of aliphatic carboxylic acids is 1. The van der Waals surface area contributed by atoms with Crippen molar-refractivity contribution in [1.29, 1.82) is 0 Å². The average molecular weight is 349 g/mol. The van der Waals surface area contributed by atoms with Gasteiger partial charge in [0.25, 0.3) is 0 Å². The second kappa shape index (κ2) is 5.60. The zero-order chi connectivity index (χ0) is 17.8. The molecule has 2 heterocycles. The van der Waals surface area contributed by atoms with Gasteiger partial charge in [0.15, 0.2) is 5.78 Å². The minimum absolute atomic E-state index is 0.439. The first-order valence-electron chi connectivity index (χ1n) is 7.66. The van der Waals surface area contributed by atoms with Crippen molar-refractivity contribution in [1.82, 2.24) is 4.90 Å². The quantitative estimate of drug-likeness (QED) is 0.630. The first-order valence-corrected chi connectivity index (χ1v) is 8.54. The number of aliphatic hydroxyl groups is 1. The van der Waals surface area contributed by atoms with Gasteiger partial charge in [-0.2, -0.15) is 0 Å². The number of Topliss-reactive ketones (excluding diaryl/α,β-unsaturated/α-hetero) is 1. The Morgan fingerprint density at radius 1 is 1.25 bits per heavy atom. The Balaban J connectivity index is 1.82. The van der Waals surface area contributed by atoms with E-state index in [9.17, 15) is 24.6 Å². The van der Waals surface area contributed by atoms with E-state index in [1.54, 1.807) is 38.1 Å². The lowest BCUT2D eigenvalue weighted by Crippen LogP contribution is -2.65. The fourth-order valence-electron chi connectivity index (χ4n) is 3.36. The van der Waals surface area contributed by atoms with Crippen LogP contribution in [-0.4, -0.2) is 48.9 Å². The van der Waals surface area contributed by atoms with Crippen LogP contribution in [0.15, 0.2) is 24.3 Å². The van der Waals surface area contributed by atoms with Crippen molar-refractivity contribution in [2.24, 2.45) is 5.92 Å². The smallest absolute Gasteiger partial charge is 0.327 e. The van der Waals surface area contributed by atoms with Gasteiger partial charge >= 0.3 is 5.97 Å². The topological polar surface area (TPSA) is 94.9 Å². The van der Waals surface area contributed by atoms with Crippen LogP contribution in [0, 0.1) is 12.8 Å².